The van der Waals surface area contributed by atoms with Crippen molar-refractivity contribution >= 4 is 11.9 Å². The van der Waals surface area contributed by atoms with E-state index in [2.05, 4.69) is 0 Å². The summed E-state index contributed by atoms with van der Waals surface area (Å²) in [5.74, 6) is -5.04. The highest BCUT2D eigenvalue weighted by Crippen LogP contribution is 2.32. The molecule has 2 unspecified atom stereocenters. The monoisotopic (exact) mass is 350 g/mol. The lowest BCUT2D eigenvalue weighted by Crippen LogP contribution is -2.23. The van der Waals surface area contributed by atoms with Gasteiger partial charge in [0, 0.05) is 5.56 Å². The number of phenols is 4. The number of aliphatic hydroxyl groups excluding tert-OH is 1. The average molecular weight is 350 g/mol. The van der Waals surface area contributed by atoms with Gasteiger partial charge in [0.25, 0.3) is 0 Å². The zero-order chi connectivity index (χ0) is 18.7. The molecule has 25 heavy (non-hydrogen) atoms. The first kappa shape index (κ1) is 17.9. The van der Waals surface area contributed by atoms with Crippen molar-refractivity contribution in [3.63, 3.8) is 0 Å². The zero-order valence-electron chi connectivity index (χ0n) is 12.5. The number of aliphatic carboxylic acids is 1. The second-order valence-electron chi connectivity index (χ2n) is 5.05. The number of rotatable bonds is 5. The standard InChI is InChI=1S/C16H14O9/c17-9-3-1-7(5-11(9)19)13(21)16(24)25-14(15(22)23)8-2-4-10(18)12(20)6-8/h1-6,13-14,17-21H,(H,22,23). The van der Waals surface area contributed by atoms with Crippen LogP contribution in [0.1, 0.15) is 23.3 Å². The highest BCUT2D eigenvalue weighted by molar-refractivity contribution is 5.82. The maximum atomic E-state index is 12.0. The van der Waals surface area contributed by atoms with Crippen LogP contribution < -0.4 is 0 Å². The van der Waals surface area contributed by atoms with Gasteiger partial charge in [0.2, 0.25) is 6.10 Å². The first-order chi connectivity index (χ1) is 11.7. The number of benzene rings is 2. The Balaban J connectivity index is 2.23. The second kappa shape index (κ2) is 6.97. The molecule has 2 aromatic rings. The van der Waals surface area contributed by atoms with Gasteiger partial charge in [-0.05, 0) is 29.8 Å². The van der Waals surface area contributed by atoms with Crippen LogP contribution in [0.2, 0.25) is 0 Å². The number of aromatic hydroxyl groups is 4. The number of carbonyl (C=O) groups excluding carboxylic acids is 1. The topological polar surface area (TPSA) is 165 Å². The van der Waals surface area contributed by atoms with Crippen LogP contribution in [0.3, 0.4) is 0 Å². The van der Waals surface area contributed by atoms with Gasteiger partial charge in [-0.3, -0.25) is 0 Å². The molecule has 132 valence electrons. The van der Waals surface area contributed by atoms with Crippen LogP contribution in [0.25, 0.3) is 0 Å². The molecule has 0 fully saturated rings. The van der Waals surface area contributed by atoms with Gasteiger partial charge in [-0.25, -0.2) is 9.59 Å². The Bertz CT molecular complexity index is 815. The number of aliphatic hydroxyl groups is 1. The van der Waals surface area contributed by atoms with E-state index in [0.29, 0.717) is 0 Å². The van der Waals surface area contributed by atoms with Gasteiger partial charge in [-0.1, -0.05) is 12.1 Å². The van der Waals surface area contributed by atoms with Crippen LogP contribution >= 0.6 is 0 Å². The summed E-state index contributed by atoms with van der Waals surface area (Å²) < 4.78 is 4.75. The third kappa shape index (κ3) is 3.90. The van der Waals surface area contributed by atoms with E-state index in [1.165, 1.54) is 0 Å². The molecule has 0 aliphatic carbocycles. The highest BCUT2D eigenvalue weighted by atomic mass is 16.6. The predicted molar refractivity (Wildman–Crippen MR) is 81.0 cm³/mol. The van der Waals surface area contributed by atoms with Crippen molar-refractivity contribution in [3.05, 3.63) is 47.5 Å². The normalized spacial score (nSPS) is 13.0. The molecule has 9 nitrogen and oxygen atoms in total. The smallest absolute Gasteiger partial charge is 0.349 e. The summed E-state index contributed by atoms with van der Waals surface area (Å²) in [4.78, 5) is 23.3. The summed E-state index contributed by atoms with van der Waals surface area (Å²) in [6.45, 7) is 0. The minimum absolute atomic E-state index is 0.127. The molecule has 0 radical (unpaired) electrons. The van der Waals surface area contributed by atoms with Gasteiger partial charge in [-0.2, -0.15) is 0 Å². The first-order valence-corrected chi connectivity index (χ1v) is 6.86. The number of carbonyl (C=O) groups is 2. The molecule has 0 aliphatic rings. The fourth-order valence-electron chi connectivity index (χ4n) is 1.99. The first-order valence-electron chi connectivity index (χ1n) is 6.86. The zero-order valence-corrected chi connectivity index (χ0v) is 12.5. The summed E-state index contributed by atoms with van der Waals surface area (Å²) in [6, 6.07) is 6.14. The quantitative estimate of drug-likeness (QED) is 0.339. The Labute approximate surface area is 140 Å². The van der Waals surface area contributed by atoms with Crippen molar-refractivity contribution in [1.82, 2.24) is 0 Å². The molecular weight excluding hydrogens is 336 g/mol. The second-order valence-corrected chi connectivity index (χ2v) is 5.05. The van der Waals surface area contributed by atoms with Crippen LogP contribution in [0.15, 0.2) is 36.4 Å². The van der Waals surface area contributed by atoms with Crippen LogP contribution in [-0.2, 0) is 14.3 Å². The average Bonchev–Trinajstić information content (AvgIpc) is 2.56. The van der Waals surface area contributed by atoms with Crippen molar-refractivity contribution in [3.8, 4) is 23.0 Å². The number of phenolic OH excluding ortho intramolecular Hbond substituents is 4. The molecule has 0 heterocycles. The Morgan fingerprint density at radius 2 is 1.28 bits per heavy atom. The largest absolute Gasteiger partial charge is 0.504 e. The number of hydrogen-bond donors (Lipinski definition) is 6. The molecule has 0 saturated heterocycles. The minimum Gasteiger partial charge on any atom is -0.504 e. The Morgan fingerprint density at radius 3 is 1.76 bits per heavy atom. The van der Waals surface area contributed by atoms with E-state index < -0.39 is 47.1 Å². The van der Waals surface area contributed by atoms with E-state index in [9.17, 15) is 40.2 Å². The molecule has 2 atom stereocenters. The van der Waals surface area contributed by atoms with Gasteiger partial charge >= 0.3 is 11.9 Å². The number of carboxylic acids is 1. The third-order valence-corrected chi connectivity index (χ3v) is 3.30. The lowest BCUT2D eigenvalue weighted by atomic mass is 10.1. The fraction of sp³-hybridized carbons (Fsp3) is 0.125. The van der Waals surface area contributed by atoms with E-state index in [1.54, 1.807) is 0 Å². The van der Waals surface area contributed by atoms with Gasteiger partial charge in [0.1, 0.15) is 0 Å². The van der Waals surface area contributed by atoms with Crippen LogP contribution in [0.5, 0.6) is 23.0 Å². The van der Waals surface area contributed by atoms with Gasteiger partial charge in [-0.15, -0.1) is 0 Å². The van der Waals surface area contributed by atoms with Crippen LogP contribution in [-0.4, -0.2) is 42.6 Å². The Morgan fingerprint density at radius 1 is 0.800 bits per heavy atom. The minimum atomic E-state index is -1.92. The Hall–Kier alpha value is -3.46. The molecule has 0 saturated carbocycles. The van der Waals surface area contributed by atoms with Gasteiger partial charge in [0.05, 0.1) is 0 Å². The molecule has 9 heteroatoms. The van der Waals surface area contributed by atoms with Crippen molar-refractivity contribution in [2.45, 2.75) is 12.2 Å². The molecule has 6 N–H and O–H groups in total. The maximum absolute atomic E-state index is 12.0. The van der Waals surface area contributed by atoms with E-state index in [1.807, 2.05) is 0 Å². The molecule has 0 spiro atoms. The van der Waals surface area contributed by atoms with Crippen molar-refractivity contribution < 1.29 is 45.0 Å². The number of carboxylic acid groups (broad SMARTS) is 1. The predicted octanol–water partition coefficient (Wildman–Crippen LogP) is 0.911. The van der Waals surface area contributed by atoms with Crippen LogP contribution in [0, 0.1) is 0 Å². The summed E-state index contributed by atoms with van der Waals surface area (Å²) in [7, 11) is 0. The van der Waals surface area contributed by atoms with Crippen LogP contribution in [0.4, 0.5) is 0 Å². The third-order valence-electron chi connectivity index (χ3n) is 3.30. The highest BCUT2D eigenvalue weighted by Gasteiger charge is 2.29. The SMILES string of the molecule is O=C(OC(C(=O)O)c1ccc(O)c(O)c1)C(O)c1ccc(O)c(O)c1. The van der Waals surface area contributed by atoms with E-state index in [0.717, 1.165) is 36.4 Å². The van der Waals surface area contributed by atoms with E-state index in [-0.39, 0.29) is 11.1 Å². The number of esters is 1. The van der Waals surface area contributed by atoms with Crippen molar-refractivity contribution in [1.29, 1.82) is 0 Å². The lowest BCUT2D eigenvalue weighted by molar-refractivity contribution is -0.171. The summed E-state index contributed by atoms with van der Waals surface area (Å²) in [6.07, 6.45) is -3.77. The van der Waals surface area contributed by atoms with E-state index in [4.69, 9.17) is 4.74 Å². The molecule has 2 aromatic carbocycles. The van der Waals surface area contributed by atoms with Gasteiger partial charge in [0.15, 0.2) is 29.1 Å². The lowest BCUT2D eigenvalue weighted by Gasteiger charge is -2.17. The number of hydrogen-bond acceptors (Lipinski definition) is 8. The summed E-state index contributed by atoms with van der Waals surface area (Å²) >= 11 is 0. The van der Waals surface area contributed by atoms with Gasteiger partial charge < -0.3 is 35.4 Å². The molecule has 0 aromatic heterocycles. The Kier molecular flexibility index (Phi) is 4.99. The van der Waals surface area contributed by atoms with Crippen molar-refractivity contribution in [2.75, 3.05) is 0 Å². The fourth-order valence-corrected chi connectivity index (χ4v) is 1.99. The van der Waals surface area contributed by atoms with Crippen molar-refractivity contribution in [2.24, 2.45) is 0 Å². The molecule has 0 amide bonds. The van der Waals surface area contributed by atoms with E-state index >= 15 is 0 Å². The maximum Gasteiger partial charge on any atom is 0.349 e. The summed E-state index contributed by atoms with van der Waals surface area (Å²) in [5, 5.41) is 56.4. The number of ether oxygens (including phenoxy) is 1. The molecule has 2 rings (SSSR count). The molecule has 0 bridgehead atoms. The molecule has 0 aliphatic heterocycles. The summed E-state index contributed by atoms with van der Waals surface area (Å²) in [5.41, 5.74) is -0.269. The molecular formula is C16H14O9.